The van der Waals surface area contributed by atoms with E-state index in [0.29, 0.717) is 23.3 Å². The zero-order valence-electron chi connectivity index (χ0n) is 16.4. The molecule has 0 amide bonds. The summed E-state index contributed by atoms with van der Waals surface area (Å²) in [6.07, 6.45) is 8.64. The van der Waals surface area contributed by atoms with Crippen molar-refractivity contribution in [3.8, 4) is 0 Å². The first-order valence-electron chi connectivity index (χ1n) is 10.1. The number of nitrogens with zero attached hydrogens (tertiary/aromatic N) is 1. The Kier molecular flexibility index (Phi) is 7.01. The van der Waals surface area contributed by atoms with Gasteiger partial charge in [-0.25, -0.2) is 4.79 Å². The third kappa shape index (κ3) is 4.89. The van der Waals surface area contributed by atoms with Gasteiger partial charge in [0.1, 0.15) is 0 Å². The molecule has 0 saturated heterocycles. The fourth-order valence-corrected chi connectivity index (χ4v) is 3.28. The highest BCUT2D eigenvalue weighted by atomic mass is 16.5. The van der Waals surface area contributed by atoms with Crippen LogP contribution in [0.1, 0.15) is 66.2 Å². The molecule has 4 nitrogen and oxygen atoms in total. The minimum absolute atomic E-state index is 0.117. The van der Waals surface area contributed by atoms with Crippen molar-refractivity contribution in [2.75, 3.05) is 6.61 Å². The van der Waals surface area contributed by atoms with Crippen LogP contribution < -0.4 is 0 Å². The van der Waals surface area contributed by atoms with Crippen LogP contribution in [0.25, 0.3) is 10.9 Å². The number of benzene rings is 2. The van der Waals surface area contributed by atoms with Gasteiger partial charge in [0.25, 0.3) is 5.91 Å². The molecule has 4 heteroatoms. The van der Waals surface area contributed by atoms with Gasteiger partial charge in [-0.3, -0.25) is 9.36 Å². The van der Waals surface area contributed by atoms with E-state index in [9.17, 15) is 9.59 Å². The van der Waals surface area contributed by atoms with Crippen LogP contribution in [0.3, 0.4) is 0 Å². The van der Waals surface area contributed by atoms with Gasteiger partial charge >= 0.3 is 5.97 Å². The Balaban J connectivity index is 1.65. The number of hydrogen-bond donors (Lipinski definition) is 0. The Morgan fingerprint density at radius 3 is 2.39 bits per heavy atom. The molecule has 146 valence electrons. The fraction of sp³-hybridized carbons (Fsp3) is 0.333. The molecule has 0 spiro atoms. The first kappa shape index (κ1) is 19.9. The number of esters is 1. The van der Waals surface area contributed by atoms with Crippen LogP contribution >= 0.6 is 0 Å². The molecule has 0 aliphatic heterocycles. The lowest BCUT2D eigenvalue weighted by Gasteiger charge is -2.07. The second-order valence-electron chi connectivity index (χ2n) is 7.03. The summed E-state index contributed by atoms with van der Waals surface area (Å²) in [5, 5.41) is 0.914. The molecule has 0 unspecified atom stereocenters. The highest BCUT2D eigenvalue weighted by Crippen LogP contribution is 2.20. The molecular formula is C24H27NO3. The maximum Gasteiger partial charge on any atom is 0.338 e. The zero-order chi connectivity index (χ0) is 19.8. The quantitative estimate of drug-likeness (QED) is 0.347. The fourth-order valence-electron chi connectivity index (χ4n) is 3.28. The predicted molar refractivity (Wildman–Crippen MR) is 112 cm³/mol. The first-order valence-corrected chi connectivity index (χ1v) is 10.1. The SMILES string of the molecule is CCCCCCCCOC(=O)c1ccc2ccn(C(=O)c3ccccc3)c2c1. The molecule has 3 aromatic rings. The van der Waals surface area contributed by atoms with Gasteiger partial charge in [-0.1, -0.05) is 63.3 Å². The van der Waals surface area contributed by atoms with Gasteiger partial charge in [-0.05, 0) is 36.8 Å². The number of unbranched alkanes of at least 4 members (excludes halogenated alkanes) is 5. The standard InChI is InChI=1S/C24H27NO3/c1-2-3-4-5-6-10-17-28-24(27)21-14-13-19-15-16-25(22(19)18-21)23(26)20-11-8-7-9-12-20/h7-9,11-16,18H,2-6,10,17H2,1H3. The molecule has 0 aliphatic carbocycles. The average Bonchev–Trinajstić information content (AvgIpc) is 3.16. The highest BCUT2D eigenvalue weighted by Gasteiger charge is 2.14. The Hall–Kier alpha value is -2.88. The van der Waals surface area contributed by atoms with E-state index >= 15 is 0 Å². The molecule has 28 heavy (non-hydrogen) atoms. The summed E-state index contributed by atoms with van der Waals surface area (Å²) >= 11 is 0. The molecule has 3 rings (SSSR count). The lowest BCUT2D eigenvalue weighted by atomic mass is 10.1. The van der Waals surface area contributed by atoms with Gasteiger partial charge in [0.15, 0.2) is 0 Å². The van der Waals surface area contributed by atoms with Gasteiger partial charge in [-0.2, -0.15) is 0 Å². The minimum atomic E-state index is -0.338. The van der Waals surface area contributed by atoms with E-state index in [1.165, 1.54) is 25.7 Å². The molecule has 2 aromatic carbocycles. The normalized spacial score (nSPS) is 10.9. The maximum atomic E-state index is 12.8. The second kappa shape index (κ2) is 9.88. The van der Waals surface area contributed by atoms with Crippen molar-refractivity contribution in [1.82, 2.24) is 4.57 Å². The van der Waals surface area contributed by atoms with Gasteiger partial charge in [0, 0.05) is 17.1 Å². The average molecular weight is 377 g/mol. The summed E-state index contributed by atoms with van der Waals surface area (Å²) in [5.41, 5.74) is 1.79. The summed E-state index contributed by atoms with van der Waals surface area (Å²) < 4.78 is 6.99. The van der Waals surface area contributed by atoms with Crippen LogP contribution in [0.2, 0.25) is 0 Å². The zero-order valence-corrected chi connectivity index (χ0v) is 16.4. The summed E-state index contributed by atoms with van der Waals surface area (Å²) in [5.74, 6) is -0.455. The number of aromatic nitrogens is 1. The Morgan fingerprint density at radius 2 is 1.61 bits per heavy atom. The highest BCUT2D eigenvalue weighted by molar-refractivity contribution is 6.03. The molecule has 0 N–H and O–H groups in total. The third-order valence-electron chi connectivity index (χ3n) is 4.90. The van der Waals surface area contributed by atoms with Crippen molar-refractivity contribution in [3.05, 3.63) is 71.9 Å². The van der Waals surface area contributed by atoms with E-state index in [4.69, 9.17) is 4.74 Å². The van der Waals surface area contributed by atoms with Gasteiger partial charge in [-0.15, -0.1) is 0 Å². The number of hydrogen-bond acceptors (Lipinski definition) is 3. The Bertz CT molecular complexity index is 927. The van der Waals surface area contributed by atoms with Crippen molar-refractivity contribution < 1.29 is 14.3 Å². The maximum absolute atomic E-state index is 12.8. The van der Waals surface area contributed by atoms with Crippen LogP contribution in [-0.4, -0.2) is 23.1 Å². The molecule has 0 saturated carbocycles. The Labute approximate surface area is 166 Å². The summed E-state index contributed by atoms with van der Waals surface area (Å²) in [4.78, 5) is 25.1. The lowest BCUT2D eigenvalue weighted by molar-refractivity contribution is 0.0497. The van der Waals surface area contributed by atoms with Crippen LogP contribution in [0.4, 0.5) is 0 Å². The second-order valence-corrected chi connectivity index (χ2v) is 7.03. The van der Waals surface area contributed by atoms with Crippen LogP contribution in [-0.2, 0) is 4.74 Å². The number of rotatable bonds is 9. The van der Waals surface area contributed by atoms with E-state index in [1.54, 1.807) is 35.0 Å². The van der Waals surface area contributed by atoms with E-state index in [0.717, 1.165) is 18.2 Å². The largest absolute Gasteiger partial charge is 0.462 e. The summed E-state index contributed by atoms with van der Waals surface area (Å²) in [7, 11) is 0. The topological polar surface area (TPSA) is 48.3 Å². The minimum Gasteiger partial charge on any atom is -0.462 e. The number of fused-ring (bicyclic) bond motifs is 1. The van der Waals surface area contributed by atoms with E-state index in [-0.39, 0.29) is 11.9 Å². The van der Waals surface area contributed by atoms with Crippen LogP contribution in [0.15, 0.2) is 60.8 Å². The number of ether oxygens (including phenoxy) is 1. The van der Waals surface area contributed by atoms with E-state index in [2.05, 4.69) is 6.92 Å². The summed E-state index contributed by atoms with van der Waals surface area (Å²) in [6, 6.07) is 16.3. The van der Waals surface area contributed by atoms with Crippen molar-refractivity contribution in [2.45, 2.75) is 45.4 Å². The molecule has 1 aromatic heterocycles. The molecule has 0 aliphatic rings. The van der Waals surface area contributed by atoms with Gasteiger partial charge in [0.05, 0.1) is 17.7 Å². The molecule has 0 bridgehead atoms. The van der Waals surface area contributed by atoms with Crippen molar-refractivity contribution >= 4 is 22.8 Å². The first-order chi connectivity index (χ1) is 13.7. The lowest BCUT2D eigenvalue weighted by Crippen LogP contribution is -2.11. The summed E-state index contributed by atoms with van der Waals surface area (Å²) in [6.45, 7) is 2.63. The predicted octanol–water partition coefficient (Wildman–Crippen LogP) is 5.85. The van der Waals surface area contributed by atoms with Crippen molar-refractivity contribution in [3.63, 3.8) is 0 Å². The monoisotopic (exact) mass is 377 g/mol. The molecule has 0 radical (unpaired) electrons. The smallest absolute Gasteiger partial charge is 0.338 e. The number of carbonyl (C=O) groups is 2. The van der Waals surface area contributed by atoms with Gasteiger partial charge < -0.3 is 4.74 Å². The van der Waals surface area contributed by atoms with Crippen molar-refractivity contribution in [2.24, 2.45) is 0 Å². The van der Waals surface area contributed by atoms with Crippen LogP contribution in [0.5, 0.6) is 0 Å². The van der Waals surface area contributed by atoms with E-state index in [1.807, 2.05) is 30.3 Å². The van der Waals surface area contributed by atoms with Crippen LogP contribution in [0, 0.1) is 0 Å². The third-order valence-corrected chi connectivity index (χ3v) is 4.90. The number of carbonyl (C=O) groups excluding carboxylic acids is 2. The molecule has 1 heterocycles. The molecular weight excluding hydrogens is 350 g/mol. The van der Waals surface area contributed by atoms with E-state index < -0.39 is 0 Å². The van der Waals surface area contributed by atoms with Gasteiger partial charge in [0.2, 0.25) is 0 Å². The molecule has 0 fully saturated rings. The Morgan fingerprint density at radius 1 is 0.857 bits per heavy atom. The molecule has 0 atom stereocenters. The van der Waals surface area contributed by atoms with Crippen molar-refractivity contribution in [1.29, 1.82) is 0 Å².